The largest absolute Gasteiger partial charge is 0.508 e. The predicted octanol–water partition coefficient (Wildman–Crippen LogP) is 1.94. The highest BCUT2D eigenvalue weighted by atomic mass is 35.5. The first-order chi connectivity index (χ1) is 7.66. The Hall–Kier alpha value is -1.75. The minimum absolute atomic E-state index is 0.102. The molecular weight excluding hydrogens is 228 g/mol. The van der Waals surface area contributed by atoms with Crippen LogP contribution in [0.1, 0.15) is 18.5 Å². The van der Waals surface area contributed by atoms with Crippen molar-refractivity contribution in [3.05, 3.63) is 41.4 Å². The van der Waals surface area contributed by atoms with Crippen LogP contribution in [0.5, 0.6) is 5.75 Å². The van der Waals surface area contributed by atoms with Crippen LogP contribution in [0.15, 0.2) is 30.9 Å². The summed E-state index contributed by atoms with van der Waals surface area (Å²) in [6.07, 6.45) is 3.08. The molecule has 5 nitrogen and oxygen atoms in total. The van der Waals surface area contributed by atoms with Gasteiger partial charge in [-0.25, -0.2) is 4.68 Å². The highest BCUT2D eigenvalue weighted by Gasteiger charge is 2.10. The molecule has 0 aliphatic rings. The highest BCUT2D eigenvalue weighted by Crippen LogP contribution is 2.27. The van der Waals surface area contributed by atoms with E-state index in [0.717, 1.165) is 5.56 Å². The van der Waals surface area contributed by atoms with Gasteiger partial charge < -0.3 is 10.5 Å². The number of hydrogen-bond donors (Lipinski definition) is 2. The van der Waals surface area contributed by atoms with E-state index in [1.165, 1.54) is 12.7 Å². The van der Waals surface area contributed by atoms with Gasteiger partial charge in [-0.2, -0.15) is 0 Å². The number of halogens is 1. The fourth-order valence-corrected chi connectivity index (χ4v) is 1.61. The van der Waals surface area contributed by atoms with Crippen LogP contribution in [0, 0.1) is 0 Å². The molecule has 1 atom stereocenters. The topological polar surface area (TPSA) is 63.0 Å². The molecule has 0 amide bonds. The van der Waals surface area contributed by atoms with Gasteiger partial charge in [0.1, 0.15) is 18.4 Å². The van der Waals surface area contributed by atoms with Gasteiger partial charge in [-0.3, -0.25) is 0 Å². The number of aromatic hydroxyl groups is 1. The average Bonchev–Trinajstić information content (AvgIpc) is 2.74. The lowest BCUT2D eigenvalue weighted by Gasteiger charge is -2.16. The van der Waals surface area contributed by atoms with Gasteiger partial charge >= 0.3 is 0 Å². The molecule has 84 valence electrons. The number of benzene rings is 1. The normalized spacial score (nSPS) is 12.4. The van der Waals surface area contributed by atoms with E-state index in [1.807, 2.05) is 6.92 Å². The van der Waals surface area contributed by atoms with Gasteiger partial charge in [0.25, 0.3) is 0 Å². The fourth-order valence-electron chi connectivity index (χ4n) is 1.43. The lowest BCUT2D eigenvalue weighted by atomic mass is 10.1. The van der Waals surface area contributed by atoms with Crippen molar-refractivity contribution in [1.82, 2.24) is 14.9 Å². The monoisotopic (exact) mass is 238 g/mol. The molecule has 6 heteroatoms. The van der Waals surface area contributed by atoms with Crippen LogP contribution in [0.25, 0.3) is 0 Å². The zero-order chi connectivity index (χ0) is 11.5. The van der Waals surface area contributed by atoms with Crippen molar-refractivity contribution < 1.29 is 5.11 Å². The van der Waals surface area contributed by atoms with Crippen LogP contribution >= 0.6 is 11.6 Å². The SMILES string of the molecule is CC(Nn1cnnc1)c1cc(Cl)ccc1O. The van der Waals surface area contributed by atoms with E-state index >= 15 is 0 Å². The molecule has 2 N–H and O–H groups in total. The molecule has 16 heavy (non-hydrogen) atoms. The molecule has 2 aromatic rings. The van der Waals surface area contributed by atoms with Gasteiger partial charge in [0.15, 0.2) is 0 Å². The Morgan fingerprint density at radius 3 is 2.75 bits per heavy atom. The Bertz CT molecular complexity index is 472. The first kappa shape index (κ1) is 10.8. The molecular formula is C10H11ClN4O. The van der Waals surface area contributed by atoms with E-state index in [2.05, 4.69) is 15.6 Å². The predicted molar refractivity (Wildman–Crippen MR) is 60.9 cm³/mol. The van der Waals surface area contributed by atoms with Gasteiger partial charge in [-0.05, 0) is 25.1 Å². The maximum atomic E-state index is 9.69. The second-order valence-corrected chi connectivity index (χ2v) is 3.86. The summed E-state index contributed by atoms with van der Waals surface area (Å²) in [5.74, 6) is 0.206. The van der Waals surface area contributed by atoms with E-state index in [-0.39, 0.29) is 11.8 Å². The van der Waals surface area contributed by atoms with E-state index in [9.17, 15) is 5.11 Å². The number of aromatic nitrogens is 3. The van der Waals surface area contributed by atoms with Crippen molar-refractivity contribution in [1.29, 1.82) is 0 Å². The summed E-state index contributed by atoms with van der Waals surface area (Å²) in [6, 6.07) is 4.84. The minimum Gasteiger partial charge on any atom is -0.508 e. The maximum Gasteiger partial charge on any atom is 0.138 e. The summed E-state index contributed by atoms with van der Waals surface area (Å²) in [7, 11) is 0. The average molecular weight is 239 g/mol. The molecule has 1 aromatic heterocycles. The van der Waals surface area contributed by atoms with Crippen LogP contribution in [-0.4, -0.2) is 20.0 Å². The van der Waals surface area contributed by atoms with Gasteiger partial charge in [-0.1, -0.05) is 11.6 Å². The standard InChI is InChI=1S/C10H11ClN4O/c1-7(14-15-5-12-13-6-15)9-4-8(11)2-3-10(9)16/h2-7,14,16H,1H3. The maximum absolute atomic E-state index is 9.69. The lowest BCUT2D eigenvalue weighted by Crippen LogP contribution is -2.17. The van der Waals surface area contributed by atoms with E-state index in [4.69, 9.17) is 11.6 Å². The van der Waals surface area contributed by atoms with E-state index in [0.29, 0.717) is 5.02 Å². The fraction of sp³-hybridized carbons (Fsp3) is 0.200. The zero-order valence-corrected chi connectivity index (χ0v) is 9.39. The van der Waals surface area contributed by atoms with Crippen LogP contribution in [-0.2, 0) is 0 Å². The number of hydrogen-bond acceptors (Lipinski definition) is 4. The van der Waals surface area contributed by atoms with Crippen LogP contribution < -0.4 is 5.43 Å². The number of phenols is 1. The highest BCUT2D eigenvalue weighted by molar-refractivity contribution is 6.30. The molecule has 0 radical (unpaired) electrons. The van der Waals surface area contributed by atoms with Gasteiger partial charge in [0, 0.05) is 10.6 Å². The molecule has 0 aliphatic carbocycles. The summed E-state index contributed by atoms with van der Waals surface area (Å²) in [6.45, 7) is 1.91. The summed E-state index contributed by atoms with van der Waals surface area (Å²) in [4.78, 5) is 0. The number of phenolic OH excluding ortho intramolecular Hbond substituents is 1. The van der Waals surface area contributed by atoms with Crippen LogP contribution in [0.4, 0.5) is 0 Å². The van der Waals surface area contributed by atoms with Crippen LogP contribution in [0.3, 0.4) is 0 Å². The number of rotatable bonds is 3. The molecule has 1 aromatic carbocycles. The van der Waals surface area contributed by atoms with Gasteiger partial charge in [-0.15, -0.1) is 10.2 Å². The lowest BCUT2D eigenvalue weighted by molar-refractivity contribution is 0.463. The van der Waals surface area contributed by atoms with Crippen molar-refractivity contribution in [3.8, 4) is 5.75 Å². The molecule has 0 saturated carbocycles. The minimum atomic E-state index is -0.102. The molecule has 0 fully saturated rings. The number of nitrogens with one attached hydrogen (secondary N) is 1. The Morgan fingerprint density at radius 2 is 2.06 bits per heavy atom. The van der Waals surface area contributed by atoms with Gasteiger partial charge in [0.05, 0.1) is 6.04 Å². The summed E-state index contributed by atoms with van der Waals surface area (Å²) in [5, 5.41) is 17.6. The van der Waals surface area contributed by atoms with Crippen molar-refractivity contribution in [3.63, 3.8) is 0 Å². The van der Waals surface area contributed by atoms with Gasteiger partial charge in [0.2, 0.25) is 0 Å². The molecule has 0 saturated heterocycles. The molecule has 1 heterocycles. The van der Waals surface area contributed by atoms with Crippen molar-refractivity contribution in [2.45, 2.75) is 13.0 Å². The number of nitrogens with zero attached hydrogens (tertiary/aromatic N) is 3. The zero-order valence-electron chi connectivity index (χ0n) is 8.63. The first-order valence-electron chi connectivity index (χ1n) is 4.76. The Kier molecular flexibility index (Phi) is 2.96. The first-order valence-corrected chi connectivity index (χ1v) is 5.14. The third kappa shape index (κ3) is 2.25. The molecule has 0 aliphatic heterocycles. The van der Waals surface area contributed by atoms with Crippen molar-refractivity contribution in [2.75, 3.05) is 5.43 Å². The second kappa shape index (κ2) is 4.40. The van der Waals surface area contributed by atoms with Crippen molar-refractivity contribution >= 4 is 11.6 Å². The van der Waals surface area contributed by atoms with E-state index < -0.39 is 0 Å². The van der Waals surface area contributed by atoms with E-state index in [1.54, 1.807) is 22.9 Å². The Morgan fingerprint density at radius 1 is 1.38 bits per heavy atom. The Balaban J connectivity index is 2.20. The molecule has 1 unspecified atom stereocenters. The molecule has 0 spiro atoms. The van der Waals surface area contributed by atoms with Crippen molar-refractivity contribution in [2.24, 2.45) is 0 Å². The van der Waals surface area contributed by atoms with Crippen LogP contribution in [0.2, 0.25) is 5.02 Å². The molecule has 0 bridgehead atoms. The summed E-state index contributed by atoms with van der Waals surface area (Å²) >= 11 is 5.87. The quantitative estimate of drug-likeness (QED) is 0.858. The summed E-state index contributed by atoms with van der Waals surface area (Å²) < 4.78 is 1.62. The second-order valence-electron chi connectivity index (χ2n) is 3.42. The smallest absolute Gasteiger partial charge is 0.138 e. The summed E-state index contributed by atoms with van der Waals surface area (Å²) in [5.41, 5.74) is 3.80. The Labute approximate surface area is 97.7 Å². The third-order valence-corrected chi connectivity index (χ3v) is 2.45. The molecule has 2 rings (SSSR count). The third-order valence-electron chi connectivity index (χ3n) is 2.22.